The monoisotopic (exact) mass is 600 g/mol. The first-order valence-corrected chi connectivity index (χ1v) is 16.0. The number of hydrogen-bond acceptors (Lipinski definition) is 1. The molecule has 4 heterocycles. The number of benzene rings is 6. The second-order valence-electron chi connectivity index (χ2n) is 12.1. The third-order valence-electron chi connectivity index (χ3n) is 9.53. The predicted octanol–water partition coefficient (Wildman–Crippen LogP) is 10.9. The van der Waals surface area contributed by atoms with E-state index in [0.717, 1.165) is 22.2 Å². The fourth-order valence-corrected chi connectivity index (χ4v) is 7.39. The van der Waals surface area contributed by atoms with E-state index in [-0.39, 0.29) is 0 Å². The molecule has 0 N–H and O–H groups in total. The van der Waals surface area contributed by atoms with Crippen molar-refractivity contribution < 1.29 is 0 Å². The maximum absolute atomic E-state index is 4.74. The number of fused-ring (bicyclic) bond motifs is 9. The van der Waals surface area contributed by atoms with Crippen LogP contribution < -0.4 is 0 Å². The minimum atomic E-state index is 0.973. The van der Waals surface area contributed by atoms with Crippen molar-refractivity contribution >= 4 is 49.3 Å². The Bertz CT molecular complexity index is 2780. The maximum atomic E-state index is 4.74. The van der Waals surface area contributed by atoms with Crippen molar-refractivity contribution in [1.82, 2.24) is 18.5 Å². The van der Waals surface area contributed by atoms with Gasteiger partial charge in [-0.05, 0) is 89.0 Å². The van der Waals surface area contributed by atoms with Gasteiger partial charge in [0.15, 0.2) is 0 Å². The van der Waals surface area contributed by atoms with Crippen molar-refractivity contribution in [3.63, 3.8) is 0 Å². The quantitative estimate of drug-likeness (QED) is 0.197. The minimum absolute atomic E-state index is 0.973. The number of imidazole rings is 1. The van der Waals surface area contributed by atoms with Crippen molar-refractivity contribution in [3.05, 3.63) is 170 Å². The Morgan fingerprint density at radius 2 is 1.04 bits per heavy atom. The fourth-order valence-electron chi connectivity index (χ4n) is 7.39. The fraction of sp³-hybridized carbons (Fsp3) is 0. The lowest BCUT2D eigenvalue weighted by Gasteiger charge is -2.13. The molecule has 0 radical (unpaired) electrons. The number of aromatic nitrogens is 4. The Kier molecular flexibility index (Phi) is 5.54. The van der Waals surface area contributed by atoms with Crippen molar-refractivity contribution in [2.45, 2.75) is 0 Å². The summed E-state index contributed by atoms with van der Waals surface area (Å²) in [5, 5.41) is 4.85. The van der Waals surface area contributed by atoms with Crippen LogP contribution in [0, 0.1) is 0 Å². The summed E-state index contributed by atoms with van der Waals surface area (Å²) in [7, 11) is 0. The number of rotatable bonds is 4. The van der Waals surface area contributed by atoms with Gasteiger partial charge < -0.3 is 9.13 Å². The van der Waals surface area contributed by atoms with Gasteiger partial charge >= 0.3 is 0 Å². The van der Waals surface area contributed by atoms with Gasteiger partial charge in [-0.1, -0.05) is 84.9 Å². The largest absolute Gasteiger partial charge is 0.316 e. The highest BCUT2D eigenvalue weighted by atomic mass is 15.0. The highest BCUT2D eigenvalue weighted by molar-refractivity contribution is 6.12. The van der Waals surface area contributed by atoms with E-state index in [0.29, 0.717) is 0 Å². The van der Waals surface area contributed by atoms with Crippen LogP contribution >= 0.6 is 0 Å². The zero-order valence-corrected chi connectivity index (χ0v) is 25.5. The first-order chi connectivity index (χ1) is 23.3. The number of hydrogen-bond donors (Lipinski definition) is 0. The Hall–Kier alpha value is -6.39. The lowest BCUT2D eigenvalue weighted by atomic mass is 9.97. The Labute approximate surface area is 271 Å². The van der Waals surface area contributed by atoms with Crippen LogP contribution in [0.2, 0.25) is 0 Å². The summed E-state index contributed by atoms with van der Waals surface area (Å²) >= 11 is 0. The minimum Gasteiger partial charge on any atom is -0.316 e. The van der Waals surface area contributed by atoms with Crippen LogP contribution in [0.4, 0.5) is 0 Å². The third kappa shape index (κ3) is 3.92. The van der Waals surface area contributed by atoms with Crippen molar-refractivity contribution in [2.24, 2.45) is 0 Å². The van der Waals surface area contributed by atoms with E-state index in [4.69, 9.17) is 4.98 Å². The summed E-state index contributed by atoms with van der Waals surface area (Å²) in [6.45, 7) is 0. The topological polar surface area (TPSA) is 27.2 Å². The van der Waals surface area contributed by atoms with E-state index < -0.39 is 0 Å². The van der Waals surface area contributed by atoms with Gasteiger partial charge in [0, 0.05) is 51.5 Å². The molecule has 4 nitrogen and oxygen atoms in total. The molecule has 10 aromatic rings. The van der Waals surface area contributed by atoms with E-state index in [1.165, 1.54) is 60.6 Å². The van der Waals surface area contributed by atoms with Gasteiger partial charge in [-0.3, -0.25) is 4.40 Å². The molecular formula is C43H28N4. The molecular weight excluding hydrogens is 573 g/mol. The number of para-hydroxylation sites is 3. The second kappa shape index (κ2) is 10.1. The van der Waals surface area contributed by atoms with Gasteiger partial charge in [-0.15, -0.1) is 0 Å². The summed E-state index contributed by atoms with van der Waals surface area (Å²) in [4.78, 5) is 4.74. The molecule has 0 aliphatic carbocycles. The van der Waals surface area contributed by atoms with Crippen LogP contribution in [0.3, 0.4) is 0 Å². The standard InChI is InChI=1S/C43H28N4/c1-3-12-33(13-4-1)45-24-22-36-42(45)38-28-32(18-20-39(38)46-25-23-44-43(36)46)30-11-9-10-29(26-30)31-19-21-41-37(27-31)35-16-7-8-17-40(35)47(41)34-14-5-2-6-15-34/h1-28H. The lowest BCUT2D eigenvalue weighted by molar-refractivity contribution is 1.13. The predicted molar refractivity (Wildman–Crippen MR) is 195 cm³/mol. The molecule has 0 atom stereocenters. The Balaban J connectivity index is 1.14. The Morgan fingerprint density at radius 3 is 1.83 bits per heavy atom. The molecule has 47 heavy (non-hydrogen) atoms. The van der Waals surface area contributed by atoms with Crippen LogP contribution in [-0.4, -0.2) is 18.5 Å². The van der Waals surface area contributed by atoms with Gasteiger partial charge in [0.05, 0.1) is 22.1 Å². The molecule has 0 unspecified atom stereocenters. The first kappa shape index (κ1) is 25.9. The van der Waals surface area contributed by atoms with Crippen LogP contribution in [-0.2, 0) is 0 Å². The van der Waals surface area contributed by atoms with Gasteiger partial charge in [0.2, 0.25) is 0 Å². The molecule has 6 aromatic carbocycles. The molecule has 0 spiro atoms. The van der Waals surface area contributed by atoms with Gasteiger partial charge in [0.1, 0.15) is 5.65 Å². The molecule has 10 rings (SSSR count). The summed E-state index contributed by atoms with van der Waals surface area (Å²) in [6, 6.07) is 54.7. The van der Waals surface area contributed by atoms with Crippen LogP contribution in [0.15, 0.2) is 170 Å². The molecule has 0 bridgehead atoms. The summed E-state index contributed by atoms with van der Waals surface area (Å²) in [5.41, 5.74) is 12.8. The average molecular weight is 601 g/mol. The molecule has 0 saturated carbocycles. The molecule has 0 aliphatic heterocycles. The van der Waals surface area contributed by atoms with Crippen LogP contribution in [0.5, 0.6) is 0 Å². The van der Waals surface area contributed by atoms with Crippen molar-refractivity contribution in [2.75, 3.05) is 0 Å². The van der Waals surface area contributed by atoms with E-state index >= 15 is 0 Å². The third-order valence-corrected chi connectivity index (χ3v) is 9.53. The first-order valence-electron chi connectivity index (χ1n) is 16.0. The lowest BCUT2D eigenvalue weighted by Crippen LogP contribution is -1.96. The smallest absolute Gasteiger partial charge is 0.146 e. The molecule has 0 saturated heterocycles. The molecule has 0 fully saturated rings. The normalized spacial score (nSPS) is 11.8. The van der Waals surface area contributed by atoms with Crippen LogP contribution in [0.1, 0.15) is 0 Å². The van der Waals surface area contributed by atoms with E-state index in [9.17, 15) is 0 Å². The number of pyridine rings is 1. The molecule has 0 aliphatic rings. The zero-order valence-electron chi connectivity index (χ0n) is 25.5. The van der Waals surface area contributed by atoms with E-state index in [2.05, 4.69) is 178 Å². The van der Waals surface area contributed by atoms with Crippen molar-refractivity contribution in [3.8, 4) is 33.6 Å². The zero-order chi connectivity index (χ0) is 30.9. The molecule has 220 valence electrons. The molecule has 4 heteroatoms. The van der Waals surface area contributed by atoms with Gasteiger partial charge in [-0.25, -0.2) is 4.98 Å². The average Bonchev–Trinajstić information content (AvgIpc) is 3.88. The summed E-state index contributed by atoms with van der Waals surface area (Å²) in [5.74, 6) is 0. The highest BCUT2D eigenvalue weighted by Crippen LogP contribution is 2.37. The molecule has 4 aromatic heterocycles. The SMILES string of the molecule is c1ccc(-n2ccc3c2c2cc(-c4cccc(-c5ccc6c(c5)c5ccccc5n6-c5ccccc5)c4)ccc2n2ccnc32)cc1. The highest BCUT2D eigenvalue weighted by Gasteiger charge is 2.16. The van der Waals surface area contributed by atoms with Crippen molar-refractivity contribution in [1.29, 1.82) is 0 Å². The second-order valence-corrected chi connectivity index (χ2v) is 12.1. The molecule has 0 amide bonds. The summed E-state index contributed by atoms with van der Waals surface area (Å²) < 4.78 is 6.85. The Morgan fingerprint density at radius 1 is 0.404 bits per heavy atom. The maximum Gasteiger partial charge on any atom is 0.146 e. The van der Waals surface area contributed by atoms with Gasteiger partial charge in [0.25, 0.3) is 0 Å². The van der Waals surface area contributed by atoms with Crippen LogP contribution in [0.25, 0.3) is 82.9 Å². The summed E-state index contributed by atoms with van der Waals surface area (Å²) in [6.07, 6.45) is 6.11. The van der Waals surface area contributed by atoms with E-state index in [1.54, 1.807) is 0 Å². The van der Waals surface area contributed by atoms with E-state index in [1.807, 2.05) is 6.20 Å². The van der Waals surface area contributed by atoms with Gasteiger partial charge in [-0.2, -0.15) is 0 Å². The number of nitrogens with zero attached hydrogens (tertiary/aromatic N) is 4.